The van der Waals surface area contributed by atoms with Gasteiger partial charge in [-0.1, -0.05) is 50.5 Å². The molecular formula is C22H38O3. The number of allylic oxidation sites excluding steroid dienone is 3. The van der Waals surface area contributed by atoms with Gasteiger partial charge < -0.3 is 9.84 Å². The molecule has 0 bridgehead atoms. The predicted octanol–water partition coefficient (Wildman–Crippen LogP) is 5.58. The Bertz CT molecular complexity index is 478. The molecule has 3 nitrogen and oxygen atoms in total. The highest BCUT2D eigenvalue weighted by molar-refractivity contribution is 5.70. The summed E-state index contributed by atoms with van der Waals surface area (Å²) in [4.78, 5) is 12.3. The Balaban J connectivity index is 2.50. The first kappa shape index (κ1) is 22.0. The molecule has 1 fully saturated rings. The summed E-state index contributed by atoms with van der Waals surface area (Å²) in [5.41, 5.74) is 2.56. The molecule has 144 valence electrons. The highest BCUT2D eigenvalue weighted by Gasteiger charge is 2.36. The third-order valence-electron chi connectivity index (χ3n) is 5.04. The molecule has 0 saturated heterocycles. The van der Waals surface area contributed by atoms with Gasteiger partial charge in [-0.05, 0) is 58.3 Å². The lowest BCUT2D eigenvalue weighted by molar-refractivity contribution is -0.158. The molecular weight excluding hydrogens is 312 g/mol. The maximum atomic E-state index is 12.3. The highest BCUT2D eigenvalue weighted by Crippen LogP contribution is 2.39. The van der Waals surface area contributed by atoms with Gasteiger partial charge in [-0.2, -0.15) is 0 Å². The van der Waals surface area contributed by atoms with Crippen molar-refractivity contribution in [3.63, 3.8) is 0 Å². The summed E-state index contributed by atoms with van der Waals surface area (Å²) in [6.07, 6.45) is 9.55. The standard InChI is InChI=1S/C22H38O3/c1-16(2)10-9-11-17(3)14-18(23)15-21(24)25-20-13-8-7-12-19(20)22(4,5)6/h10,14,18-20,23H,7-9,11-13,15H2,1-6H3/b17-14-. The molecule has 3 unspecified atom stereocenters. The fourth-order valence-corrected chi connectivity index (χ4v) is 3.68. The van der Waals surface area contributed by atoms with Crippen LogP contribution in [0.5, 0.6) is 0 Å². The predicted molar refractivity (Wildman–Crippen MR) is 104 cm³/mol. The number of aliphatic hydroxyl groups excluding tert-OH is 1. The van der Waals surface area contributed by atoms with Crippen molar-refractivity contribution >= 4 is 5.97 Å². The zero-order valence-corrected chi connectivity index (χ0v) is 17.1. The second-order valence-corrected chi connectivity index (χ2v) is 8.89. The highest BCUT2D eigenvalue weighted by atomic mass is 16.5. The van der Waals surface area contributed by atoms with Crippen molar-refractivity contribution in [2.24, 2.45) is 11.3 Å². The minimum atomic E-state index is -0.754. The van der Waals surface area contributed by atoms with Gasteiger partial charge >= 0.3 is 5.97 Å². The van der Waals surface area contributed by atoms with Crippen LogP contribution in [0.1, 0.15) is 86.5 Å². The lowest BCUT2D eigenvalue weighted by Crippen LogP contribution is -2.38. The third kappa shape index (κ3) is 8.71. The smallest absolute Gasteiger partial charge is 0.309 e. The molecule has 3 atom stereocenters. The maximum absolute atomic E-state index is 12.3. The quantitative estimate of drug-likeness (QED) is 0.482. The van der Waals surface area contributed by atoms with E-state index in [-0.39, 0.29) is 23.9 Å². The molecule has 25 heavy (non-hydrogen) atoms. The van der Waals surface area contributed by atoms with E-state index in [0.717, 1.165) is 37.7 Å². The van der Waals surface area contributed by atoms with Gasteiger partial charge in [-0.3, -0.25) is 4.79 Å². The van der Waals surface area contributed by atoms with E-state index in [9.17, 15) is 9.90 Å². The van der Waals surface area contributed by atoms with Gasteiger partial charge in [-0.25, -0.2) is 0 Å². The number of carbonyl (C=O) groups is 1. The summed E-state index contributed by atoms with van der Waals surface area (Å²) in [6, 6.07) is 0. The van der Waals surface area contributed by atoms with Gasteiger partial charge in [0.05, 0.1) is 12.5 Å². The number of hydrogen-bond acceptors (Lipinski definition) is 3. The Morgan fingerprint density at radius 3 is 2.44 bits per heavy atom. The minimum Gasteiger partial charge on any atom is -0.462 e. The molecule has 1 aliphatic carbocycles. The molecule has 1 aliphatic rings. The van der Waals surface area contributed by atoms with Crippen molar-refractivity contribution in [1.29, 1.82) is 0 Å². The fourth-order valence-electron chi connectivity index (χ4n) is 3.68. The Morgan fingerprint density at radius 1 is 1.20 bits per heavy atom. The van der Waals surface area contributed by atoms with E-state index in [4.69, 9.17) is 4.74 Å². The molecule has 0 aromatic heterocycles. The Labute approximate surface area is 154 Å². The number of carbonyl (C=O) groups excluding carboxylic acids is 1. The van der Waals surface area contributed by atoms with Crippen molar-refractivity contribution in [2.75, 3.05) is 0 Å². The van der Waals surface area contributed by atoms with E-state index in [1.54, 1.807) is 6.08 Å². The zero-order valence-electron chi connectivity index (χ0n) is 17.1. The van der Waals surface area contributed by atoms with Gasteiger partial charge in [-0.15, -0.1) is 0 Å². The Kier molecular flexibility index (Phi) is 8.92. The van der Waals surface area contributed by atoms with Crippen molar-refractivity contribution < 1.29 is 14.6 Å². The number of esters is 1. The summed E-state index contributed by atoms with van der Waals surface area (Å²) < 4.78 is 5.76. The van der Waals surface area contributed by atoms with E-state index in [0.29, 0.717) is 5.92 Å². The lowest BCUT2D eigenvalue weighted by atomic mass is 9.70. The number of rotatable bonds is 7. The molecule has 0 radical (unpaired) electrons. The average molecular weight is 351 g/mol. The zero-order chi connectivity index (χ0) is 19.0. The lowest BCUT2D eigenvalue weighted by Gasteiger charge is -2.39. The molecule has 0 spiro atoms. The largest absolute Gasteiger partial charge is 0.462 e. The van der Waals surface area contributed by atoms with Crippen molar-refractivity contribution in [2.45, 2.75) is 98.7 Å². The first-order chi connectivity index (χ1) is 11.6. The molecule has 1 rings (SSSR count). The van der Waals surface area contributed by atoms with E-state index in [1.807, 2.05) is 6.92 Å². The summed E-state index contributed by atoms with van der Waals surface area (Å²) in [5.74, 6) is 0.130. The van der Waals surface area contributed by atoms with Crippen LogP contribution in [-0.4, -0.2) is 23.3 Å². The molecule has 0 amide bonds. The van der Waals surface area contributed by atoms with Gasteiger partial charge in [0.25, 0.3) is 0 Å². The molecule has 0 heterocycles. The van der Waals surface area contributed by atoms with Crippen LogP contribution in [0, 0.1) is 11.3 Å². The molecule has 1 saturated carbocycles. The molecule has 0 aliphatic heterocycles. The summed E-state index contributed by atoms with van der Waals surface area (Å²) in [7, 11) is 0. The summed E-state index contributed by atoms with van der Waals surface area (Å²) in [5, 5.41) is 10.2. The van der Waals surface area contributed by atoms with Crippen LogP contribution in [0.2, 0.25) is 0 Å². The van der Waals surface area contributed by atoms with E-state index in [1.165, 1.54) is 12.0 Å². The SMILES string of the molecule is CC(C)=CCC/C(C)=C\C(O)CC(=O)OC1CCCCC1C(C)(C)C. The first-order valence-corrected chi connectivity index (χ1v) is 9.77. The van der Waals surface area contributed by atoms with Crippen LogP contribution in [-0.2, 0) is 9.53 Å². The Morgan fingerprint density at radius 2 is 1.84 bits per heavy atom. The van der Waals surface area contributed by atoms with Crippen LogP contribution < -0.4 is 0 Å². The third-order valence-corrected chi connectivity index (χ3v) is 5.04. The van der Waals surface area contributed by atoms with Crippen LogP contribution in [0.3, 0.4) is 0 Å². The van der Waals surface area contributed by atoms with Crippen LogP contribution in [0.15, 0.2) is 23.3 Å². The first-order valence-electron chi connectivity index (χ1n) is 9.77. The van der Waals surface area contributed by atoms with Crippen molar-refractivity contribution in [3.8, 4) is 0 Å². The normalized spacial score (nSPS) is 23.1. The van der Waals surface area contributed by atoms with Gasteiger partial charge in [0.1, 0.15) is 6.10 Å². The van der Waals surface area contributed by atoms with Gasteiger partial charge in [0, 0.05) is 5.92 Å². The topological polar surface area (TPSA) is 46.5 Å². The van der Waals surface area contributed by atoms with Crippen LogP contribution >= 0.6 is 0 Å². The molecule has 0 aromatic rings. The number of ether oxygens (including phenoxy) is 1. The van der Waals surface area contributed by atoms with Gasteiger partial charge in [0.15, 0.2) is 0 Å². The average Bonchev–Trinajstić information content (AvgIpc) is 2.45. The van der Waals surface area contributed by atoms with E-state index >= 15 is 0 Å². The van der Waals surface area contributed by atoms with Crippen LogP contribution in [0.25, 0.3) is 0 Å². The second kappa shape index (κ2) is 10.2. The number of aliphatic hydroxyl groups is 1. The van der Waals surface area contributed by atoms with Crippen molar-refractivity contribution in [3.05, 3.63) is 23.3 Å². The molecule has 1 N–H and O–H groups in total. The Hall–Kier alpha value is -1.09. The van der Waals surface area contributed by atoms with E-state index in [2.05, 4.69) is 40.7 Å². The number of hydrogen-bond donors (Lipinski definition) is 1. The second-order valence-electron chi connectivity index (χ2n) is 8.89. The maximum Gasteiger partial charge on any atom is 0.309 e. The summed E-state index contributed by atoms with van der Waals surface area (Å²) in [6.45, 7) is 12.8. The van der Waals surface area contributed by atoms with Crippen molar-refractivity contribution in [1.82, 2.24) is 0 Å². The van der Waals surface area contributed by atoms with Gasteiger partial charge in [0.2, 0.25) is 0 Å². The monoisotopic (exact) mass is 350 g/mol. The summed E-state index contributed by atoms with van der Waals surface area (Å²) >= 11 is 0. The van der Waals surface area contributed by atoms with Crippen LogP contribution in [0.4, 0.5) is 0 Å². The molecule has 3 heteroatoms. The molecule has 0 aromatic carbocycles. The van der Waals surface area contributed by atoms with E-state index < -0.39 is 6.10 Å². The minimum absolute atomic E-state index is 0.00352. The fraction of sp³-hybridized carbons (Fsp3) is 0.773.